The summed E-state index contributed by atoms with van der Waals surface area (Å²) in [6.45, 7) is 3.61. The predicted molar refractivity (Wildman–Crippen MR) is 92.5 cm³/mol. The summed E-state index contributed by atoms with van der Waals surface area (Å²) in [5.74, 6) is -1.41. The Bertz CT molecular complexity index is 781. The van der Waals surface area contributed by atoms with Crippen LogP contribution >= 0.6 is 11.6 Å². The minimum Gasteiger partial charge on any atom is -0.493 e. The van der Waals surface area contributed by atoms with Gasteiger partial charge in [-0.15, -0.1) is 0 Å². The van der Waals surface area contributed by atoms with Crippen LogP contribution in [0.5, 0.6) is 5.75 Å². The second-order valence-electron chi connectivity index (χ2n) is 5.09. The number of hydrogen-bond donors (Lipinski definition) is 1. The zero-order valence-corrected chi connectivity index (χ0v) is 14.5. The Hall–Kier alpha value is -2.60. The molecule has 2 rings (SSSR count). The number of para-hydroxylation sites is 1. The van der Waals surface area contributed by atoms with Crippen molar-refractivity contribution in [3.05, 3.63) is 58.9 Å². The molecule has 0 aromatic heterocycles. The van der Waals surface area contributed by atoms with Crippen molar-refractivity contribution in [2.24, 2.45) is 0 Å². The van der Waals surface area contributed by atoms with Gasteiger partial charge in [0, 0.05) is 0 Å². The summed E-state index contributed by atoms with van der Waals surface area (Å²) in [5.41, 5.74) is 0.453. The average Bonchev–Trinajstić information content (AvgIpc) is 2.58. The topological polar surface area (TPSA) is 64.6 Å². The minimum atomic E-state index is -1.08. The third kappa shape index (κ3) is 4.93. The van der Waals surface area contributed by atoms with Gasteiger partial charge in [0.15, 0.2) is 6.10 Å². The normalized spacial score (nSPS) is 11.5. The van der Waals surface area contributed by atoms with Gasteiger partial charge in [-0.2, -0.15) is 0 Å². The lowest BCUT2D eigenvalue weighted by atomic mass is 10.2. The molecule has 1 unspecified atom stereocenters. The third-order valence-electron chi connectivity index (χ3n) is 3.25. The zero-order chi connectivity index (χ0) is 18.4. The van der Waals surface area contributed by atoms with Crippen molar-refractivity contribution in [1.29, 1.82) is 0 Å². The second-order valence-corrected chi connectivity index (χ2v) is 5.50. The monoisotopic (exact) mass is 365 g/mol. The van der Waals surface area contributed by atoms with Gasteiger partial charge in [-0.25, -0.2) is 9.18 Å². The molecule has 0 saturated carbocycles. The molecule has 0 fully saturated rings. The molecule has 0 aliphatic carbocycles. The van der Waals surface area contributed by atoms with Crippen LogP contribution in [-0.4, -0.2) is 24.6 Å². The Morgan fingerprint density at radius 3 is 2.64 bits per heavy atom. The molecule has 5 nitrogen and oxygen atoms in total. The summed E-state index contributed by atoms with van der Waals surface area (Å²) in [4.78, 5) is 24.4. The van der Waals surface area contributed by atoms with Gasteiger partial charge in [-0.05, 0) is 44.2 Å². The van der Waals surface area contributed by atoms with Crippen LogP contribution in [0.2, 0.25) is 5.02 Å². The highest BCUT2D eigenvalue weighted by molar-refractivity contribution is 6.33. The number of benzene rings is 2. The van der Waals surface area contributed by atoms with Crippen molar-refractivity contribution in [1.82, 2.24) is 0 Å². The number of carbonyl (C=O) groups excluding carboxylic acids is 2. The number of nitrogens with one attached hydrogen (secondary N) is 1. The Morgan fingerprint density at radius 2 is 1.96 bits per heavy atom. The van der Waals surface area contributed by atoms with E-state index in [-0.39, 0.29) is 16.3 Å². The van der Waals surface area contributed by atoms with Crippen LogP contribution in [-0.2, 0) is 9.53 Å². The Balaban J connectivity index is 2.04. The van der Waals surface area contributed by atoms with E-state index in [1.165, 1.54) is 13.0 Å². The quantitative estimate of drug-likeness (QED) is 0.784. The maximum Gasteiger partial charge on any atom is 0.342 e. The lowest BCUT2D eigenvalue weighted by Crippen LogP contribution is -2.30. The van der Waals surface area contributed by atoms with Crippen molar-refractivity contribution in [2.45, 2.75) is 20.0 Å². The van der Waals surface area contributed by atoms with Crippen LogP contribution in [0.1, 0.15) is 24.2 Å². The molecule has 25 heavy (non-hydrogen) atoms. The van der Waals surface area contributed by atoms with Crippen LogP contribution in [0.3, 0.4) is 0 Å². The summed E-state index contributed by atoms with van der Waals surface area (Å²) in [6, 6.07) is 10.2. The third-order valence-corrected chi connectivity index (χ3v) is 3.56. The van der Waals surface area contributed by atoms with Crippen molar-refractivity contribution in [2.75, 3.05) is 11.9 Å². The van der Waals surface area contributed by atoms with Gasteiger partial charge in [0.1, 0.15) is 17.1 Å². The van der Waals surface area contributed by atoms with Gasteiger partial charge in [0.05, 0.1) is 17.3 Å². The highest BCUT2D eigenvalue weighted by atomic mass is 35.5. The van der Waals surface area contributed by atoms with Crippen molar-refractivity contribution >= 4 is 29.2 Å². The predicted octanol–water partition coefficient (Wildman–Crippen LogP) is 4.06. The van der Waals surface area contributed by atoms with Crippen LogP contribution < -0.4 is 10.1 Å². The first-order valence-electron chi connectivity index (χ1n) is 7.61. The number of anilines is 1. The molecule has 1 N–H and O–H groups in total. The van der Waals surface area contributed by atoms with E-state index in [1.54, 1.807) is 31.2 Å². The van der Waals surface area contributed by atoms with Crippen LogP contribution in [0.25, 0.3) is 0 Å². The molecule has 7 heteroatoms. The number of esters is 1. The lowest BCUT2D eigenvalue weighted by Gasteiger charge is -2.15. The fourth-order valence-corrected chi connectivity index (χ4v) is 2.23. The standard InChI is InChI=1S/C18H17ClFNO4/c1-3-24-16-7-5-4-6-13(16)18(23)25-11(2)17(22)21-15-9-8-12(20)10-14(15)19/h4-11H,3H2,1-2H3,(H,21,22). The first kappa shape index (κ1) is 18.7. The fraction of sp³-hybridized carbons (Fsp3) is 0.222. The van der Waals surface area contributed by atoms with E-state index in [9.17, 15) is 14.0 Å². The first-order valence-corrected chi connectivity index (χ1v) is 7.99. The SMILES string of the molecule is CCOc1ccccc1C(=O)OC(C)C(=O)Nc1ccc(F)cc1Cl. The van der Waals surface area contributed by atoms with Crippen molar-refractivity contribution in [3.63, 3.8) is 0 Å². The lowest BCUT2D eigenvalue weighted by molar-refractivity contribution is -0.123. The minimum absolute atomic E-state index is 0.0496. The summed E-state index contributed by atoms with van der Waals surface area (Å²) < 4.78 is 23.6. The number of amides is 1. The van der Waals surface area contributed by atoms with Gasteiger partial charge in [-0.3, -0.25) is 4.79 Å². The van der Waals surface area contributed by atoms with E-state index >= 15 is 0 Å². The van der Waals surface area contributed by atoms with E-state index in [0.717, 1.165) is 12.1 Å². The maximum atomic E-state index is 13.0. The van der Waals surface area contributed by atoms with Crippen LogP contribution in [0.15, 0.2) is 42.5 Å². The Morgan fingerprint density at radius 1 is 1.24 bits per heavy atom. The smallest absolute Gasteiger partial charge is 0.342 e. The molecule has 2 aromatic rings. The summed E-state index contributed by atoms with van der Waals surface area (Å²) >= 11 is 5.86. The molecular weight excluding hydrogens is 349 g/mol. The molecule has 1 amide bonds. The van der Waals surface area contributed by atoms with Gasteiger partial charge in [0.25, 0.3) is 5.91 Å². The number of rotatable bonds is 6. The first-order chi connectivity index (χ1) is 11.9. The molecule has 0 saturated heterocycles. The summed E-state index contributed by atoms with van der Waals surface area (Å²) in [6.07, 6.45) is -1.08. The summed E-state index contributed by atoms with van der Waals surface area (Å²) in [7, 11) is 0. The molecule has 1 atom stereocenters. The van der Waals surface area contributed by atoms with Crippen LogP contribution in [0.4, 0.5) is 10.1 Å². The number of carbonyl (C=O) groups is 2. The molecule has 0 spiro atoms. The Kier molecular flexibility index (Phi) is 6.36. The molecule has 0 aliphatic rings. The number of ether oxygens (including phenoxy) is 2. The van der Waals surface area contributed by atoms with Crippen LogP contribution in [0, 0.1) is 5.82 Å². The molecule has 132 valence electrons. The van der Waals surface area contributed by atoms with Gasteiger partial charge in [-0.1, -0.05) is 23.7 Å². The van der Waals surface area contributed by atoms with E-state index in [1.807, 2.05) is 0 Å². The maximum absolute atomic E-state index is 13.0. The average molecular weight is 366 g/mol. The molecule has 0 aliphatic heterocycles. The molecule has 0 radical (unpaired) electrons. The van der Waals surface area contributed by atoms with E-state index in [4.69, 9.17) is 21.1 Å². The van der Waals surface area contributed by atoms with E-state index < -0.39 is 23.8 Å². The molecule has 0 heterocycles. The molecular formula is C18H17ClFNO4. The van der Waals surface area contributed by atoms with Gasteiger partial charge in [0.2, 0.25) is 0 Å². The highest BCUT2D eigenvalue weighted by Crippen LogP contribution is 2.23. The fourth-order valence-electron chi connectivity index (χ4n) is 2.02. The molecule has 0 bridgehead atoms. The van der Waals surface area contributed by atoms with Gasteiger partial charge < -0.3 is 14.8 Å². The largest absolute Gasteiger partial charge is 0.493 e. The van der Waals surface area contributed by atoms with Gasteiger partial charge >= 0.3 is 5.97 Å². The Labute approximate surface area is 149 Å². The highest BCUT2D eigenvalue weighted by Gasteiger charge is 2.22. The van der Waals surface area contributed by atoms with E-state index in [0.29, 0.717) is 12.4 Å². The van der Waals surface area contributed by atoms with Crippen molar-refractivity contribution < 1.29 is 23.5 Å². The van der Waals surface area contributed by atoms with Crippen molar-refractivity contribution in [3.8, 4) is 5.75 Å². The second kappa shape index (κ2) is 8.48. The summed E-state index contributed by atoms with van der Waals surface area (Å²) in [5, 5.41) is 2.54. The zero-order valence-electron chi connectivity index (χ0n) is 13.7. The number of hydrogen-bond acceptors (Lipinski definition) is 4. The number of halogens is 2. The molecule has 2 aromatic carbocycles. The van der Waals surface area contributed by atoms with E-state index in [2.05, 4.69) is 5.32 Å².